The average molecular weight is 269 g/mol. The van der Waals surface area contributed by atoms with Gasteiger partial charge in [0, 0.05) is 5.69 Å². The molecule has 4 atom stereocenters. The fraction of sp³-hybridized carbons (Fsp3) is 0.583. The number of ether oxygens (including phenoxy) is 2. The number of aliphatic hydroxyl groups is 3. The van der Waals surface area contributed by atoms with Crippen molar-refractivity contribution in [3.63, 3.8) is 0 Å². The van der Waals surface area contributed by atoms with E-state index in [4.69, 9.17) is 14.6 Å². The maximum absolute atomic E-state index is 11.0. The van der Waals surface area contributed by atoms with Crippen molar-refractivity contribution in [2.45, 2.75) is 37.3 Å². The number of aliphatic hydroxyl groups excluding tert-OH is 3. The number of carbonyl (C=O) groups excluding carboxylic acids is 1. The maximum atomic E-state index is 11.0. The third-order valence-corrected chi connectivity index (χ3v) is 3.75. The minimum absolute atomic E-state index is 0.0954. The smallest absolute Gasteiger partial charge is 0.216 e. The first-order valence-electron chi connectivity index (χ1n) is 6.03. The monoisotopic (exact) mass is 269 g/mol. The number of nitrogens with zero attached hydrogens (tertiary/aromatic N) is 1. The number of hydrogen-bond acceptors (Lipinski definition) is 6. The highest BCUT2D eigenvalue weighted by atomic mass is 16.7. The predicted molar refractivity (Wildman–Crippen MR) is 61.3 cm³/mol. The van der Waals surface area contributed by atoms with Crippen LogP contribution in [0.2, 0.25) is 0 Å². The molecule has 1 spiro atoms. The third-order valence-electron chi connectivity index (χ3n) is 3.75. The van der Waals surface area contributed by atoms with Crippen LogP contribution in [0.3, 0.4) is 0 Å². The van der Waals surface area contributed by atoms with E-state index in [1.54, 1.807) is 16.7 Å². The first kappa shape index (κ1) is 12.8. The van der Waals surface area contributed by atoms with E-state index in [1.807, 2.05) is 0 Å². The molecule has 2 aliphatic heterocycles. The fourth-order valence-electron chi connectivity index (χ4n) is 2.67. The highest BCUT2D eigenvalue weighted by molar-refractivity contribution is 5.72. The molecule has 0 unspecified atom stereocenters. The predicted octanol–water partition coefficient (Wildman–Crippen LogP) is -1.36. The molecule has 1 fully saturated rings. The zero-order valence-corrected chi connectivity index (χ0v) is 10.1. The lowest BCUT2D eigenvalue weighted by molar-refractivity contribution is -0.283. The zero-order valence-electron chi connectivity index (χ0n) is 10.1. The Kier molecular flexibility index (Phi) is 2.95. The molecule has 3 N–H and O–H groups in total. The van der Waals surface area contributed by atoms with Crippen LogP contribution in [0.4, 0.5) is 0 Å². The van der Waals surface area contributed by atoms with E-state index < -0.39 is 30.7 Å². The summed E-state index contributed by atoms with van der Waals surface area (Å²) in [4.78, 5) is 11.0. The molecule has 1 aromatic heterocycles. The minimum atomic E-state index is -1.42. The Morgan fingerprint density at radius 1 is 1.47 bits per heavy atom. The summed E-state index contributed by atoms with van der Waals surface area (Å²) in [5.74, 6) is -1.42. The van der Waals surface area contributed by atoms with Crippen molar-refractivity contribution in [2.24, 2.45) is 0 Å². The molecule has 0 radical (unpaired) electrons. The number of fused-ring (bicyclic) bond motifs is 1. The van der Waals surface area contributed by atoms with Gasteiger partial charge in [0.15, 0.2) is 6.29 Å². The van der Waals surface area contributed by atoms with E-state index in [0.717, 1.165) is 5.69 Å². The van der Waals surface area contributed by atoms with Crippen LogP contribution >= 0.6 is 0 Å². The zero-order chi connectivity index (χ0) is 13.6. The summed E-state index contributed by atoms with van der Waals surface area (Å²) in [5.41, 5.74) is 1.25. The van der Waals surface area contributed by atoms with Crippen LogP contribution in [0.5, 0.6) is 0 Å². The van der Waals surface area contributed by atoms with E-state index in [0.29, 0.717) is 12.0 Å². The third kappa shape index (κ3) is 1.74. The summed E-state index contributed by atoms with van der Waals surface area (Å²) in [7, 11) is 0. The normalized spacial score (nSPS) is 37.5. The van der Waals surface area contributed by atoms with Gasteiger partial charge >= 0.3 is 0 Å². The molecule has 0 aliphatic carbocycles. The van der Waals surface area contributed by atoms with Gasteiger partial charge in [-0.15, -0.1) is 0 Å². The molecule has 3 rings (SSSR count). The highest BCUT2D eigenvalue weighted by Crippen LogP contribution is 2.38. The fourth-order valence-corrected chi connectivity index (χ4v) is 2.67. The minimum Gasteiger partial charge on any atom is -0.394 e. The molecule has 3 heterocycles. The van der Waals surface area contributed by atoms with Crippen molar-refractivity contribution in [3.05, 3.63) is 23.5 Å². The van der Waals surface area contributed by atoms with E-state index in [-0.39, 0.29) is 13.2 Å². The lowest BCUT2D eigenvalue weighted by atomic mass is 10.0. The number of carbonyl (C=O) groups is 1. The molecule has 104 valence electrons. The largest absolute Gasteiger partial charge is 0.394 e. The van der Waals surface area contributed by atoms with Crippen LogP contribution in [-0.4, -0.2) is 56.9 Å². The van der Waals surface area contributed by atoms with Crippen molar-refractivity contribution >= 4 is 6.29 Å². The van der Waals surface area contributed by atoms with Crippen LogP contribution in [0, 0.1) is 0 Å². The summed E-state index contributed by atoms with van der Waals surface area (Å²) in [5, 5.41) is 29.0. The molecule has 0 bridgehead atoms. The van der Waals surface area contributed by atoms with E-state index >= 15 is 0 Å². The Bertz CT molecular complexity index is 500. The van der Waals surface area contributed by atoms with Gasteiger partial charge in [0.1, 0.15) is 18.3 Å². The molecule has 7 heteroatoms. The molecule has 0 aromatic carbocycles. The molecule has 0 saturated carbocycles. The Balaban J connectivity index is 1.94. The van der Waals surface area contributed by atoms with E-state index in [9.17, 15) is 15.0 Å². The molecular weight excluding hydrogens is 254 g/mol. The molecule has 7 nitrogen and oxygen atoms in total. The van der Waals surface area contributed by atoms with Gasteiger partial charge in [-0.05, 0) is 12.1 Å². The molecule has 0 amide bonds. The van der Waals surface area contributed by atoms with Gasteiger partial charge in [-0.2, -0.15) is 0 Å². The van der Waals surface area contributed by atoms with Gasteiger partial charge < -0.3 is 29.4 Å². The second-order valence-electron chi connectivity index (χ2n) is 4.83. The van der Waals surface area contributed by atoms with Gasteiger partial charge in [-0.1, -0.05) is 0 Å². The first-order valence-corrected chi connectivity index (χ1v) is 6.03. The Morgan fingerprint density at radius 2 is 2.26 bits per heavy atom. The van der Waals surface area contributed by atoms with Crippen molar-refractivity contribution < 1.29 is 29.6 Å². The summed E-state index contributed by atoms with van der Waals surface area (Å²) in [6.07, 6.45) is -2.68. The second-order valence-corrected chi connectivity index (χ2v) is 4.83. The topological polar surface area (TPSA) is 101 Å². The van der Waals surface area contributed by atoms with Gasteiger partial charge in [-0.25, -0.2) is 0 Å². The van der Waals surface area contributed by atoms with Crippen molar-refractivity contribution in [1.82, 2.24) is 4.57 Å². The van der Waals surface area contributed by atoms with Crippen molar-refractivity contribution in [3.8, 4) is 0 Å². The summed E-state index contributed by atoms with van der Waals surface area (Å²) in [6, 6.07) is 3.42. The van der Waals surface area contributed by atoms with Gasteiger partial charge in [0.25, 0.3) is 0 Å². The Labute approximate surface area is 109 Å². The summed E-state index contributed by atoms with van der Waals surface area (Å²) < 4.78 is 12.7. The SMILES string of the molecule is O=Cc1ccc2n1C[C@@]1(OC2)O[C@@H](CO)[C@H](O)[C@@H]1O. The summed E-state index contributed by atoms with van der Waals surface area (Å²) in [6.45, 7) is -0.156. The average Bonchev–Trinajstić information content (AvgIpc) is 2.93. The lowest BCUT2D eigenvalue weighted by Gasteiger charge is -2.37. The van der Waals surface area contributed by atoms with Crippen LogP contribution < -0.4 is 0 Å². The van der Waals surface area contributed by atoms with Crippen LogP contribution in [0.15, 0.2) is 12.1 Å². The molecule has 2 aliphatic rings. The second kappa shape index (κ2) is 4.39. The molecule has 19 heavy (non-hydrogen) atoms. The van der Waals surface area contributed by atoms with Gasteiger partial charge in [0.2, 0.25) is 5.79 Å². The maximum Gasteiger partial charge on any atom is 0.216 e. The van der Waals surface area contributed by atoms with Gasteiger partial charge in [0.05, 0.1) is 25.5 Å². The number of aromatic nitrogens is 1. The van der Waals surface area contributed by atoms with E-state index in [2.05, 4.69) is 0 Å². The van der Waals surface area contributed by atoms with Crippen LogP contribution in [0.25, 0.3) is 0 Å². The molecular formula is C12H15NO6. The summed E-state index contributed by atoms with van der Waals surface area (Å²) >= 11 is 0. The number of rotatable bonds is 2. The molecule has 1 aromatic rings. The Morgan fingerprint density at radius 3 is 2.89 bits per heavy atom. The quantitative estimate of drug-likeness (QED) is 0.573. The van der Waals surface area contributed by atoms with Crippen molar-refractivity contribution in [1.29, 1.82) is 0 Å². The first-order chi connectivity index (χ1) is 9.11. The Hall–Kier alpha value is -1.25. The van der Waals surface area contributed by atoms with Gasteiger partial charge in [-0.3, -0.25) is 4.79 Å². The number of aldehydes is 1. The van der Waals surface area contributed by atoms with Crippen LogP contribution in [-0.2, 0) is 22.6 Å². The highest BCUT2D eigenvalue weighted by Gasteiger charge is 2.56. The standard InChI is InChI=1S/C12H15NO6/c14-3-7-1-2-8-5-18-12(6-13(7)8)11(17)10(16)9(4-15)19-12/h1-3,9-11,15-17H,4-6H2/t9-,10-,11-,12+/m0/s1. The number of hydrogen-bond donors (Lipinski definition) is 3. The van der Waals surface area contributed by atoms with Crippen LogP contribution in [0.1, 0.15) is 16.2 Å². The van der Waals surface area contributed by atoms with E-state index in [1.165, 1.54) is 0 Å². The lowest BCUT2D eigenvalue weighted by Crippen LogP contribution is -2.51. The molecule has 1 saturated heterocycles. The van der Waals surface area contributed by atoms with Crippen molar-refractivity contribution in [2.75, 3.05) is 6.61 Å².